The van der Waals surface area contributed by atoms with Crippen LogP contribution in [0.2, 0.25) is 5.15 Å². The summed E-state index contributed by atoms with van der Waals surface area (Å²) in [4.78, 5) is 13.8. The van der Waals surface area contributed by atoms with Gasteiger partial charge in [-0.05, 0) is 37.8 Å². The maximum absolute atomic E-state index is 6.15. The predicted molar refractivity (Wildman–Crippen MR) is 94.3 cm³/mol. The van der Waals surface area contributed by atoms with Crippen molar-refractivity contribution in [3.8, 4) is 0 Å². The minimum absolute atomic E-state index is 0.486. The Morgan fingerprint density at radius 2 is 1.92 bits per heavy atom. The van der Waals surface area contributed by atoms with E-state index < -0.39 is 0 Å². The second-order valence-corrected chi connectivity index (χ2v) is 7.07. The highest BCUT2D eigenvalue weighted by Crippen LogP contribution is 2.40. The van der Waals surface area contributed by atoms with Crippen molar-refractivity contribution < 1.29 is 0 Å². The van der Waals surface area contributed by atoms with Crippen LogP contribution in [0.1, 0.15) is 49.3 Å². The van der Waals surface area contributed by atoms with E-state index in [0.717, 1.165) is 35.8 Å². The summed E-state index contributed by atoms with van der Waals surface area (Å²) in [7, 11) is 0. The lowest BCUT2D eigenvalue weighted by molar-refractivity contribution is 0.710. The van der Waals surface area contributed by atoms with Gasteiger partial charge in [0.1, 0.15) is 22.6 Å². The Balaban J connectivity index is 1.44. The summed E-state index contributed by atoms with van der Waals surface area (Å²) in [6.07, 6.45) is 4.80. The molecule has 5 rings (SSSR count). The molecule has 24 heavy (non-hydrogen) atoms. The van der Waals surface area contributed by atoms with Crippen LogP contribution >= 0.6 is 11.6 Å². The molecule has 2 saturated carbocycles. The zero-order valence-electron chi connectivity index (χ0n) is 13.2. The van der Waals surface area contributed by atoms with Gasteiger partial charge in [-0.3, -0.25) is 0 Å². The van der Waals surface area contributed by atoms with E-state index in [1.807, 2.05) is 6.07 Å². The first-order valence-electron chi connectivity index (χ1n) is 8.52. The van der Waals surface area contributed by atoms with Gasteiger partial charge in [-0.25, -0.2) is 15.0 Å². The lowest BCUT2D eigenvalue weighted by atomic mass is 10.3. The largest absolute Gasteiger partial charge is 0.363 e. The number of hydrogen-bond donors (Lipinski definition) is 1. The summed E-state index contributed by atoms with van der Waals surface area (Å²) in [5.41, 5.74) is 2.27. The van der Waals surface area contributed by atoms with Gasteiger partial charge < -0.3 is 9.88 Å². The van der Waals surface area contributed by atoms with Gasteiger partial charge in [0.05, 0.1) is 17.6 Å². The number of anilines is 1. The molecule has 5 nitrogen and oxygen atoms in total. The zero-order valence-corrected chi connectivity index (χ0v) is 14.0. The third-order valence-electron chi connectivity index (χ3n) is 4.66. The third kappa shape index (κ3) is 2.63. The van der Waals surface area contributed by atoms with Crippen LogP contribution in [-0.2, 0) is 6.54 Å². The molecule has 0 aliphatic heterocycles. The average Bonchev–Trinajstić information content (AvgIpc) is 3.48. The summed E-state index contributed by atoms with van der Waals surface area (Å²) in [5.74, 6) is 3.19. The van der Waals surface area contributed by atoms with Gasteiger partial charge in [0.15, 0.2) is 0 Å². The van der Waals surface area contributed by atoms with Crippen LogP contribution in [0.3, 0.4) is 0 Å². The molecule has 0 saturated heterocycles. The van der Waals surface area contributed by atoms with Crippen molar-refractivity contribution in [2.24, 2.45) is 0 Å². The van der Waals surface area contributed by atoms with Crippen molar-refractivity contribution in [1.82, 2.24) is 19.5 Å². The molecule has 122 valence electrons. The SMILES string of the molecule is Clc1cc(NCc2nc3ccccc3n2C2CC2)nc(C2CC2)n1. The fraction of sp³-hybridized carbons (Fsp3) is 0.389. The van der Waals surface area contributed by atoms with Gasteiger partial charge in [0.2, 0.25) is 0 Å². The second kappa shape index (κ2) is 5.45. The number of halogens is 1. The molecule has 1 N–H and O–H groups in total. The summed E-state index contributed by atoms with van der Waals surface area (Å²) in [6.45, 7) is 0.641. The van der Waals surface area contributed by atoms with Crippen LogP contribution in [0.25, 0.3) is 11.0 Å². The molecule has 1 aromatic carbocycles. The summed E-state index contributed by atoms with van der Waals surface area (Å²) in [6, 6.07) is 10.7. The van der Waals surface area contributed by atoms with Crippen LogP contribution in [0.4, 0.5) is 5.82 Å². The number of imidazole rings is 1. The van der Waals surface area contributed by atoms with E-state index in [1.165, 1.54) is 18.4 Å². The number of para-hydroxylation sites is 2. The monoisotopic (exact) mass is 339 g/mol. The molecule has 0 radical (unpaired) electrons. The Morgan fingerprint density at radius 3 is 2.71 bits per heavy atom. The van der Waals surface area contributed by atoms with Crippen molar-refractivity contribution in [3.05, 3.63) is 47.1 Å². The molecular formula is C18H18ClN5. The Bertz CT molecular complexity index is 911. The lowest BCUT2D eigenvalue weighted by Crippen LogP contribution is -2.09. The molecule has 3 aromatic rings. The number of nitrogens with one attached hydrogen (secondary N) is 1. The minimum Gasteiger partial charge on any atom is -0.363 e. The quantitative estimate of drug-likeness (QED) is 0.704. The van der Waals surface area contributed by atoms with Gasteiger partial charge in [-0.1, -0.05) is 23.7 Å². The average molecular weight is 340 g/mol. The van der Waals surface area contributed by atoms with Gasteiger partial charge >= 0.3 is 0 Å². The minimum atomic E-state index is 0.486. The highest BCUT2D eigenvalue weighted by Gasteiger charge is 2.29. The van der Waals surface area contributed by atoms with Gasteiger partial charge in [0.25, 0.3) is 0 Å². The van der Waals surface area contributed by atoms with E-state index in [0.29, 0.717) is 23.7 Å². The zero-order chi connectivity index (χ0) is 16.1. The molecule has 2 aliphatic rings. The molecule has 0 atom stereocenters. The maximum Gasteiger partial charge on any atom is 0.135 e. The molecule has 6 heteroatoms. The first-order valence-corrected chi connectivity index (χ1v) is 8.90. The Morgan fingerprint density at radius 1 is 1.08 bits per heavy atom. The molecule has 2 aromatic heterocycles. The molecule has 2 aliphatic carbocycles. The Hall–Kier alpha value is -2.14. The topological polar surface area (TPSA) is 55.6 Å². The van der Waals surface area contributed by atoms with Crippen molar-refractivity contribution in [3.63, 3.8) is 0 Å². The lowest BCUT2D eigenvalue weighted by Gasteiger charge is -2.10. The van der Waals surface area contributed by atoms with E-state index in [-0.39, 0.29) is 0 Å². The fourth-order valence-corrected chi connectivity index (χ4v) is 3.37. The molecule has 2 fully saturated rings. The third-order valence-corrected chi connectivity index (χ3v) is 4.86. The van der Waals surface area contributed by atoms with E-state index in [9.17, 15) is 0 Å². The summed E-state index contributed by atoms with van der Waals surface area (Å²) in [5, 5.41) is 3.89. The van der Waals surface area contributed by atoms with Crippen LogP contribution in [0, 0.1) is 0 Å². The number of hydrogen-bond acceptors (Lipinski definition) is 4. The number of fused-ring (bicyclic) bond motifs is 1. The number of aromatic nitrogens is 4. The standard InChI is InChI=1S/C18H18ClN5/c19-15-9-16(23-18(22-15)11-5-6-11)20-10-17-21-13-3-1-2-4-14(13)24(17)12-7-8-12/h1-4,9,11-12H,5-8,10H2,(H,20,22,23). The normalized spacial score (nSPS) is 17.4. The number of rotatable bonds is 5. The molecule has 0 amide bonds. The van der Waals surface area contributed by atoms with Gasteiger partial charge in [0, 0.05) is 18.0 Å². The van der Waals surface area contributed by atoms with Crippen LogP contribution < -0.4 is 5.32 Å². The Labute approximate surface area is 145 Å². The second-order valence-electron chi connectivity index (χ2n) is 6.68. The smallest absolute Gasteiger partial charge is 0.135 e. The number of benzene rings is 1. The first-order chi connectivity index (χ1) is 11.8. The molecule has 0 unspecified atom stereocenters. The molecule has 0 bridgehead atoms. The van der Waals surface area contributed by atoms with E-state index in [2.05, 4.69) is 38.1 Å². The van der Waals surface area contributed by atoms with Crippen LogP contribution in [0.5, 0.6) is 0 Å². The van der Waals surface area contributed by atoms with Crippen LogP contribution in [0.15, 0.2) is 30.3 Å². The van der Waals surface area contributed by atoms with Crippen molar-refractivity contribution in [1.29, 1.82) is 0 Å². The van der Waals surface area contributed by atoms with Gasteiger partial charge in [-0.2, -0.15) is 0 Å². The van der Waals surface area contributed by atoms with Crippen molar-refractivity contribution in [2.45, 2.75) is 44.2 Å². The highest BCUT2D eigenvalue weighted by molar-refractivity contribution is 6.29. The molecule has 0 spiro atoms. The number of nitrogens with zero attached hydrogens (tertiary/aromatic N) is 4. The van der Waals surface area contributed by atoms with E-state index >= 15 is 0 Å². The predicted octanol–water partition coefficient (Wildman–Crippen LogP) is 4.30. The van der Waals surface area contributed by atoms with Crippen LogP contribution in [-0.4, -0.2) is 19.5 Å². The maximum atomic E-state index is 6.15. The Kier molecular flexibility index (Phi) is 3.23. The first kappa shape index (κ1) is 14.2. The fourth-order valence-electron chi connectivity index (χ4n) is 3.18. The summed E-state index contributed by atoms with van der Waals surface area (Å²) < 4.78 is 2.37. The highest BCUT2D eigenvalue weighted by atomic mass is 35.5. The van der Waals surface area contributed by atoms with Gasteiger partial charge in [-0.15, -0.1) is 0 Å². The van der Waals surface area contributed by atoms with E-state index in [4.69, 9.17) is 16.6 Å². The van der Waals surface area contributed by atoms with Crippen molar-refractivity contribution >= 4 is 28.5 Å². The van der Waals surface area contributed by atoms with Crippen molar-refractivity contribution in [2.75, 3.05) is 5.32 Å². The molecule has 2 heterocycles. The summed E-state index contributed by atoms with van der Waals surface area (Å²) >= 11 is 6.15. The van der Waals surface area contributed by atoms with E-state index in [1.54, 1.807) is 6.07 Å². The molecular weight excluding hydrogens is 322 g/mol.